The van der Waals surface area contributed by atoms with Gasteiger partial charge >= 0.3 is 29.8 Å². The highest BCUT2D eigenvalue weighted by Gasteiger charge is 2.63. The Morgan fingerprint density at radius 3 is 1.96 bits per heavy atom. The van der Waals surface area contributed by atoms with Crippen molar-refractivity contribution in [1.82, 2.24) is 0 Å². The highest BCUT2D eigenvalue weighted by Crippen LogP contribution is 2.66. The molecule has 2 bridgehead atoms. The molecule has 0 aromatic rings. The number of hydrogen-bond donors (Lipinski definition) is 2. The third-order valence-electron chi connectivity index (χ3n) is 14.2. The summed E-state index contributed by atoms with van der Waals surface area (Å²) < 4.78 is 23.2. The minimum absolute atomic E-state index is 0.00463. The van der Waals surface area contributed by atoms with Gasteiger partial charge in [0.05, 0.1) is 41.0 Å². The molecule has 11 nitrogen and oxygen atoms in total. The van der Waals surface area contributed by atoms with E-state index in [-0.39, 0.29) is 67.7 Å². The van der Waals surface area contributed by atoms with Crippen molar-refractivity contribution >= 4 is 29.8 Å². The molecule has 0 heterocycles. The minimum Gasteiger partial charge on any atom is -0.481 e. The summed E-state index contributed by atoms with van der Waals surface area (Å²) in [6, 6.07) is 0. The van der Waals surface area contributed by atoms with Crippen LogP contribution in [0.15, 0.2) is 12.7 Å². The van der Waals surface area contributed by atoms with E-state index in [1.165, 1.54) is 6.92 Å². The Morgan fingerprint density at radius 1 is 0.782 bits per heavy atom. The molecule has 0 aromatic carbocycles. The smallest absolute Gasteiger partial charge is 0.330 e. The van der Waals surface area contributed by atoms with Gasteiger partial charge in [0.1, 0.15) is 12.2 Å². The number of carbonyl (C=O) groups excluding carboxylic acids is 4. The van der Waals surface area contributed by atoms with E-state index >= 15 is 0 Å². The normalized spacial score (nSPS) is 29.2. The van der Waals surface area contributed by atoms with Crippen LogP contribution in [0.3, 0.4) is 0 Å². The van der Waals surface area contributed by atoms with Crippen LogP contribution >= 0.6 is 0 Å². The number of aliphatic hydroxyl groups excluding tert-OH is 1. The van der Waals surface area contributed by atoms with Crippen molar-refractivity contribution in [2.24, 2.45) is 44.3 Å². The number of rotatable bonds is 21. The summed E-state index contributed by atoms with van der Waals surface area (Å²) >= 11 is 0. The Hall–Kier alpha value is -2.95. The number of aliphatic carboxylic acids is 1. The molecule has 55 heavy (non-hydrogen) atoms. The van der Waals surface area contributed by atoms with Crippen molar-refractivity contribution in [1.29, 1.82) is 0 Å². The average molecular weight is 777 g/mol. The zero-order valence-electron chi connectivity index (χ0n) is 35.6. The van der Waals surface area contributed by atoms with Crippen LogP contribution < -0.4 is 0 Å². The zero-order chi connectivity index (χ0) is 41.6. The molecular formula is C44H72O11. The topological polar surface area (TPSA) is 163 Å². The number of aliphatic hydroxyl groups is 1. The van der Waals surface area contributed by atoms with Crippen molar-refractivity contribution in [3.8, 4) is 0 Å². The third-order valence-corrected chi connectivity index (χ3v) is 14.2. The Morgan fingerprint density at radius 2 is 1.44 bits per heavy atom. The first-order chi connectivity index (χ1) is 25.4. The molecular weight excluding hydrogens is 704 g/mol. The van der Waals surface area contributed by atoms with E-state index < -0.39 is 57.7 Å². The van der Waals surface area contributed by atoms with Crippen molar-refractivity contribution in [2.45, 2.75) is 177 Å². The van der Waals surface area contributed by atoms with Gasteiger partial charge in [0, 0.05) is 11.5 Å². The first-order valence-electron chi connectivity index (χ1n) is 20.7. The molecule has 0 radical (unpaired) electrons. The second-order valence-corrected chi connectivity index (χ2v) is 19.5. The molecule has 11 heteroatoms. The fraction of sp³-hybridized carbons (Fsp3) is 0.841. The maximum atomic E-state index is 14.2. The number of ether oxygens (including phenoxy) is 4. The van der Waals surface area contributed by atoms with Gasteiger partial charge in [0.2, 0.25) is 0 Å². The maximum Gasteiger partial charge on any atom is 0.330 e. The predicted octanol–water partition coefficient (Wildman–Crippen LogP) is 8.38. The quantitative estimate of drug-likeness (QED) is 0.0498. The molecule has 3 saturated carbocycles. The van der Waals surface area contributed by atoms with E-state index in [4.69, 9.17) is 18.9 Å². The molecule has 9 unspecified atom stereocenters. The number of fused-ring (bicyclic) bond motifs is 2. The monoisotopic (exact) mass is 777 g/mol. The lowest BCUT2D eigenvalue weighted by atomic mass is 9.61. The summed E-state index contributed by atoms with van der Waals surface area (Å²) in [6.07, 6.45) is 6.69. The number of esters is 4. The van der Waals surface area contributed by atoms with Crippen LogP contribution in [-0.2, 0) is 42.9 Å². The summed E-state index contributed by atoms with van der Waals surface area (Å²) in [5.74, 6) is -3.00. The van der Waals surface area contributed by atoms with Gasteiger partial charge in [0.25, 0.3) is 0 Å². The van der Waals surface area contributed by atoms with Crippen LogP contribution in [-0.4, -0.2) is 71.6 Å². The van der Waals surface area contributed by atoms with Gasteiger partial charge in [-0.3, -0.25) is 19.2 Å². The maximum absolute atomic E-state index is 14.2. The number of unbranched alkanes of at least 4 members (excludes halogenated alkanes) is 3. The summed E-state index contributed by atoms with van der Waals surface area (Å²) in [7, 11) is 0. The lowest BCUT2D eigenvalue weighted by Crippen LogP contribution is -2.48. The average Bonchev–Trinajstić information content (AvgIpc) is 3.44. The lowest BCUT2D eigenvalue weighted by molar-refractivity contribution is -0.177. The second-order valence-electron chi connectivity index (χ2n) is 19.5. The Bertz CT molecular complexity index is 1400. The number of carbonyl (C=O) groups is 5. The van der Waals surface area contributed by atoms with Crippen LogP contribution in [0.1, 0.15) is 159 Å². The molecule has 2 N–H and O–H groups in total. The second kappa shape index (κ2) is 18.1. The molecule has 0 saturated heterocycles. The molecule has 314 valence electrons. The number of carboxylic acids is 1. The first-order valence-corrected chi connectivity index (χ1v) is 20.7. The van der Waals surface area contributed by atoms with Gasteiger partial charge < -0.3 is 29.2 Å². The third kappa shape index (κ3) is 10.5. The van der Waals surface area contributed by atoms with Crippen molar-refractivity contribution in [2.75, 3.05) is 13.2 Å². The first kappa shape index (κ1) is 46.4. The van der Waals surface area contributed by atoms with Crippen molar-refractivity contribution < 1.29 is 53.1 Å². The molecule has 3 fully saturated rings. The van der Waals surface area contributed by atoms with Crippen LogP contribution in [0.4, 0.5) is 0 Å². The standard InChI is InChI=1S/C44H72O11/c1-12-15-16-17-22-52-37(50)43(10,27-41(8,14-3)38(51)55-33-24-30-20-21-44(33,11)40(30,6)7)28-42(9,35(47)48)26-39(4,5)36(49)54-32-19-18-29(23-31(32)45)25-53-34(46)13-2/h13,29-33,45H,2,12,14-28H2,1,3-11H3,(H,47,48). The van der Waals surface area contributed by atoms with E-state index in [0.29, 0.717) is 31.6 Å². The summed E-state index contributed by atoms with van der Waals surface area (Å²) in [6.45, 7) is 22.6. The van der Waals surface area contributed by atoms with Crippen molar-refractivity contribution in [3.63, 3.8) is 0 Å². The van der Waals surface area contributed by atoms with E-state index in [0.717, 1.165) is 44.6 Å². The molecule has 3 rings (SSSR count). The SMILES string of the molecule is C=CC(=O)OCC1CCC(OC(=O)C(C)(C)CC(C)(CC(C)(CC(C)(CC)C(=O)OC2CC3CCC2(C)C3(C)C)C(=O)OCCCCCC)C(=O)O)C(O)C1. The van der Waals surface area contributed by atoms with Gasteiger partial charge in [-0.15, -0.1) is 0 Å². The van der Waals surface area contributed by atoms with Gasteiger partial charge in [-0.2, -0.15) is 0 Å². The van der Waals surface area contributed by atoms with E-state index in [2.05, 4.69) is 34.3 Å². The fourth-order valence-corrected chi connectivity index (χ4v) is 10.0. The Labute approximate surface area is 330 Å². The van der Waals surface area contributed by atoms with E-state index in [1.54, 1.807) is 27.7 Å². The summed E-state index contributed by atoms with van der Waals surface area (Å²) in [5.41, 5.74) is -5.61. The van der Waals surface area contributed by atoms with Crippen LogP contribution in [0.5, 0.6) is 0 Å². The van der Waals surface area contributed by atoms with Gasteiger partial charge in [0.15, 0.2) is 0 Å². The predicted molar refractivity (Wildman–Crippen MR) is 208 cm³/mol. The van der Waals surface area contributed by atoms with Gasteiger partial charge in [-0.05, 0) is 122 Å². The number of carboxylic acid groups (broad SMARTS) is 1. The van der Waals surface area contributed by atoms with Crippen LogP contribution in [0, 0.1) is 44.3 Å². The van der Waals surface area contributed by atoms with Gasteiger partial charge in [-0.1, -0.05) is 60.5 Å². The Kier molecular flexibility index (Phi) is 15.3. The molecule has 0 spiro atoms. The molecule has 0 amide bonds. The van der Waals surface area contributed by atoms with E-state index in [1.807, 2.05) is 6.92 Å². The lowest BCUT2D eigenvalue weighted by Gasteiger charge is -2.43. The molecule has 3 aliphatic carbocycles. The zero-order valence-corrected chi connectivity index (χ0v) is 35.6. The minimum atomic E-state index is -1.62. The molecule has 0 aromatic heterocycles. The van der Waals surface area contributed by atoms with Crippen molar-refractivity contribution in [3.05, 3.63) is 12.7 Å². The van der Waals surface area contributed by atoms with E-state index in [9.17, 15) is 34.2 Å². The van der Waals surface area contributed by atoms with Crippen LogP contribution in [0.2, 0.25) is 0 Å². The van der Waals surface area contributed by atoms with Gasteiger partial charge in [-0.25, -0.2) is 4.79 Å². The highest BCUT2D eigenvalue weighted by molar-refractivity contribution is 5.83. The number of hydrogen-bond acceptors (Lipinski definition) is 10. The van der Waals surface area contributed by atoms with Crippen LogP contribution in [0.25, 0.3) is 0 Å². The fourth-order valence-electron chi connectivity index (χ4n) is 10.0. The summed E-state index contributed by atoms with van der Waals surface area (Å²) in [5, 5.41) is 21.7. The Balaban J connectivity index is 1.83. The largest absolute Gasteiger partial charge is 0.481 e. The highest BCUT2D eigenvalue weighted by atomic mass is 16.6. The molecule has 9 atom stereocenters. The molecule has 3 aliphatic rings. The molecule has 0 aliphatic heterocycles. The summed E-state index contributed by atoms with van der Waals surface area (Å²) in [4.78, 5) is 66.9.